The fraction of sp³-hybridized carbons (Fsp3) is 1.00. The van der Waals surface area contributed by atoms with Crippen molar-refractivity contribution in [1.29, 1.82) is 0 Å². The minimum Gasteiger partial charge on any atom is -0.316 e. The fourth-order valence-electron chi connectivity index (χ4n) is 2.38. The molecule has 0 spiro atoms. The molecule has 0 unspecified atom stereocenters. The van der Waals surface area contributed by atoms with Gasteiger partial charge in [0, 0.05) is 25.7 Å². The first-order valence-corrected chi connectivity index (χ1v) is 5.27. The van der Waals surface area contributed by atoms with Gasteiger partial charge in [-0.1, -0.05) is 12.8 Å². The molecule has 1 aliphatic carbocycles. The van der Waals surface area contributed by atoms with Gasteiger partial charge in [0.1, 0.15) is 0 Å². The van der Waals surface area contributed by atoms with E-state index in [9.17, 15) is 0 Å². The lowest BCUT2D eigenvalue weighted by Gasteiger charge is -2.34. The zero-order valence-corrected chi connectivity index (χ0v) is 8.05. The smallest absolute Gasteiger partial charge is 0.00923 e. The molecule has 0 aromatic rings. The molecule has 0 bridgehead atoms. The molecule has 0 atom stereocenters. The summed E-state index contributed by atoms with van der Waals surface area (Å²) in [6.45, 7) is 3.81. The number of nitrogens with one attached hydrogen (secondary N) is 1. The Balaban J connectivity index is 1.71. The van der Waals surface area contributed by atoms with E-state index in [1.165, 1.54) is 45.3 Å². The van der Waals surface area contributed by atoms with Gasteiger partial charge in [-0.15, -0.1) is 0 Å². The Labute approximate surface area is 75.3 Å². The zero-order valence-electron chi connectivity index (χ0n) is 8.05. The molecule has 1 heterocycles. The van der Waals surface area contributed by atoms with Crippen molar-refractivity contribution in [3.8, 4) is 0 Å². The van der Waals surface area contributed by atoms with Gasteiger partial charge < -0.3 is 10.2 Å². The highest BCUT2D eigenvalue weighted by molar-refractivity contribution is 4.81. The highest BCUT2D eigenvalue weighted by Gasteiger charge is 2.24. The van der Waals surface area contributed by atoms with E-state index in [-0.39, 0.29) is 0 Å². The molecule has 0 aromatic heterocycles. The van der Waals surface area contributed by atoms with Crippen molar-refractivity contribution < 1.29 is 0 Å². The monoisotopic (exact) mass is 168 g/mol. The average Bonchev–Trinajstić information content (AvgIpc) is 2.47. The Kier molecular flexibility index (Phi) is 2.66. The van der Waals surface area contributed by atoms with Gasteiger partial charge in [-0.25, -0.2) is 0 Å². The maximum Gasteiger partial charge on any atom is 0.00923 e. The topological polar surface area (TPSA) is 15.3 Å². The molecule has 2 rings (SSSR count). The van der Waals surface area contributed by atoms with Crippen LogP contribution in [0.15, 0.2) is 0 Å². The maximum atomic E-state index is 3.33. The van der Waals surface area contributed by atoms with Crippen LogP contribution in [0.3, 0.4) is 0 Å². The van der Waals surface area contributed by atoms with E-state index < -0.39 is 0 Å². The van der Waals surface area contributed by atoms with Crippen molar-refractivity contribution in [2.24, 2.45) is 5.92 Å². The molecule has 0 radical (unpaired) electrons. The van der Waals surface area contributed by atoms with Crippen molar-refractivity contribution in [2.45, 2.75) is 31.7 Å². The minimum absolute atomic E-state index is 0.908. The summed E-state index contributed by atoms with van der Waals surface area (Å²) in [5.41, 5.74) is 0. The lowest BCUT2D eigenvalue weighted by atomic mass is 10.0. The van der Waals surface area contributed by atoms with E-state index in [4.69, 9.17) is 0 Å². The average molecular weight is 168 g/mol. The Morgan fingerprint density at radius 1 is 1.25 bits per heavy atom. The molecular weight excluding hydrogens is 148 g/mol. The molecule has 1 saturated carbocycles. The summed E-state index contributed by atoms with van der Waals surface area (Å²) in [6, 6.07) is 0.908. The lowest BCUT2D eigenvalue weighted by molar-refractivity contribution is 0.177. The predicted octanol–water partition coefficient (Wildman–Crippen LogP) is 1.08. The van der Waals surface area contributed by atoms with E-state index in [0.717, 1.165) is 12.0 Å². The van der Waals surface area contributed by atoms with Gasteiger partial charge in [-0.05, 0) is 25.8 Å². The largest absolute Gasteiger partial charge is 0.316 e. The van der Waals surface area contributed by atoms with Crippen molar-refractivity contribution in [1.82, 2.24) is 10.2 Å². The van der Waals surface area contributed by atoms with Crippen LogP contribution in [-0.4, -0.2) is 37.6 Å². The van der Waals surface area contributed by atoms with E-state index in [1.807, 2.05) is 0 Å². The molecule has 0 aromatic carbocycles. The summed E-state index contributed by atoms with van der Waals surface area (Å²) in [6.07, 6.45) is 5.79. The van der Waals surface area contributed by atoms with Crippen LogP contribution in [0.1, 0.15) is 25.7 Å². The summed E-state index contributed by atoms with van der Waals surface area (Å²) in [5, 5.41) is 3.33. The van der Waals surface area contributed by atoms with Crippen LogP contribution in [-0.2, 0) is 0 Å². The van der Waals surface area contributed by atoms with E-state index in [0.29, 0.717) is 0 Å². The summed E-state index contributed by atoms with van der Waals surface area (Å²) in [4.78, 5) is 2.58. The number of nitrogens with zero attached hydrogens (tertiary/aromatic N) is 1. The third-order valence-electron chi connectivity index (χ3n) is 3.36. The molecule has 0 amide bonds. The van der Waals surface area contributed by atoms with Crippen LogP contribution < -0.4 is 5.32 Å². The number of rotatable bonds is 3. The normalized spacial score (nSPS) is 26.5. The van der Waals surface area contributed by atoms with Crippen molar-refractivity contribution in [3.63, 3.8) is 0 Å². The van der Waals surface area contributed by atoms with Crippen molar-refractivity contribution in [3.05, 3.63) is 0 Å². The van der Waals surface area contributed by atoms with Gasteiger partial charge in [0.25, 0.3) is 0 Å². The highest BCUT2D eigenvalue weighted by atomic mass is 15.1. The van der Waals surface area contributed by atoms with E-state index in [2.05, 4.69) is 17.3 Å². The second-order valence-electron chi connectivity index (χ2n) is 4.40. The Bertz CT molecular complexity index is 137. The molecule has 12 heavy (non-hydrogen) atoms. The molecule has 2 aliphatic rings. The van der Waals surface area contributed by atoms with Gasteiger partial charge >= 0.3 is 0 Å². The third-order valence-corrected chi connectivity index (χ3v) is 3.36. The minimum atomic E-state index is 0.908. The Morgan fingerprint density at radius 3 is 2.42 bits per heavy atom. The fourth-order valence-corrected chi connectivity index (χ4v) is 2.38. The maximum absolute atomic E-state index is 3.33. The van der Waals surface area contributed by atoms with E-state index >= 15 is 0 Å². The first kappa shape index (κ1) is 8.52. The molecule has 2 fully saturated rings. The lowest BCUT2D eigenvalue weighted by Crippen LogP contribution is -2.49. The van der Waals surface area contributed by atoms with Gasteiger partial charge in [0.2, 0.25) is 0 Å². The molecule has 1 aliphatic heterocycles. The van der Waals surface area contributed by atoms with Crippen LogP contribution in [0.5, 0.6) is 0 Å². The highest BCUT2D eigenvalue weighted by Crippen LogP contribution is 2.23. The number of hydrogen-bond donors (Lipinski definition) is 1. The second-order valence-corrected chi connectivity index (χ2v) is 4.40. The van der Waals surface area contributed by atoms with Crippen LogP contribution in [0.2, 0.25) is 0 Å². The Morgan fingerprint density at radius 2 is 1.92 bits per heavy atom. The van der Waals surface area contributed by atoms with Crippen LogP contribution >= 0.6 is 0 Å². The van der Waals surface area contributed by atoms with Gasteiger partial charge in [0.05, 0.1) is 0 Å². The van der Waals surface area contributed by atoms with Crippen LogP contribution in [0, 0.1) is 5.92 Å². The predicted molar refractivity (Wildman–Crippen MR) is 51.2 cm³/mol. The number of hydrogen-bond acceptors (Lipinski definition) is 2. The molecule has 2 heteroatoms. The molecule has 1 saturated heterocycles. The van der Waals surface area contributed by atoms with Crippen LogP contribution in [0.25, 0.3) is 0 Å². The first-order valence-electron chi connectivity index (χ1n) is 5.27. The SMILES string of the molecule is CN(CC1CNC1)C1CCCC1. The van der Waals surface area contributed by atoms with Crippen molar-refractivity contribution in [2.75, 3.05) is 26.7 Å². The quantitative estimate of drug-likeness (QED) is 0.678. The molecule has 70 valence electrons. The molecule has 2 nitrogen and oxygen atoms in total. The Hall–Kier alpha value is -0.0800. The van der Waals surface area contributed by atoms with Gasteiger partial charge in [0.15, 0.2) is 0 Å². The first-order chi connectivity index (χ1) is 5.86. The second kappa shape index (κ2) is 3.75. The summed E-state index contributed by atoms with van der Waals surface area (Å²) in [7, 11) is 2.30. The summed E-state index contributed by atoms with van der Waals surface area (Å²) < 4.78 is 0. The molecular formula is C10H20N2. The molecule has 1 N–H and O–H groups in total. The van der Waals surface area contributed by atoms with Crippen LogP contribution in [0.4, 0.5) is 0 Å². The van der Waals surface area contributed by atoms with Gasteiger partial charge in [-0.3, -0.25) is 0 Å². The van der Waals surface area contributed by atoms with E-state index in [1.54, 1.807) is 0 Å². The zero-order chi connectivity index (χ0) is 8.39. The van der Waals surface area contributed by atoms with Gasteiger partial charge in [-0.2, -0.15) is 0 Å². The van der Waals surface area contributed by atoms with Crippen molar-refractivity contribution >= 4 is 0 Å². The third kappa shape index (κ3) is 1.80. The summed E-state index contributed by atoms with van der Waals surface area (Å²) in [5.74, 6) is 0.940. The standard InChI is InChI=1S/C10H20N2/c1-12(8-9-6-11-7-9)10-4-2-3-5-10/h9-11H,2-8H2,1H3. The summed E-state index contributed by atoms with van der Waals surface area (Å²) >= 11 is 0.